The first-order valence-electron chi connectivity index (χ1n) is 9.85. The monoisotopic (exact) mass is 442 g/mol. The van der Waals surface area contributed by atoms with Crippen LogP contribution < -0.4 is 4.72 Å². The molecule has 0 amide bonds. The Bertz CT molecular complexity index is 1260. The number of hydrogen-bond acceptors (Lipinski definition) is 4. The molecule has 0 radical (unpaired) electrons. The SMILES string of the molecule is CC(C)(C)NS(=O)(=O)c1ccc(-c2c(C#N)c3cc(Cl)cnc3n2C2CCC2)cc1. The van der Waals surface area contributed by atoms with E-state index in [2.05, 4.69) is 20.3 Å². The largest absolute Gasteiger partial charge is 0.321 e. The molecule has 6 nitrogen and oxygen atoms in total. The van der Waals surface area contributed by atoms with Crippen LogP contribution in [0.25, 0.3) is 22.3 Å². The zero-order valence-electron chi connectivity index (χ0n) is 17.1. The van der Waals surface area contributed by atoms with Gasteiger partial charge >= 0.3 is 0 Å². The van der Waals surface area contributed by atoms with Crippen LogP contribution in [-0.2, 0) is 10.0 Å². The fourth-order valence-corrected chi connectivity index (χ4v) is 5.39. The Morgan fingerprint density at radius 2 is 1.90 bits per heavy atom. The number of rotatable bonds is 4. The molecule has 8 heteroatoms. The first-order chi connectivity index (χ1) is 14.1. The van der Waals surface area contributed by atoms with E-state index in [4.69, 9.17) is 11.6 Å². The van der Waals surface area contributed by atoms with Crippen molar-refractivity contribution in [1.29, 1.82) is 5.26 Å². The molecule has 1 saturated carbocycles. The number of benzene rings is 1. The Hall–Kier alpha value is -2.40. The summed E-state index contributed by atoms with van der Waals surface area (Å²) in [7, 11) is -3.63. The Labute approximate surface area is 181 Å². The van der Waals surface area contributed by atoms with Crippen molar-refractivity contribution in [3.63, 3.8) is 0 Å². The number of aromatic nitrogens is 2. The lowest BCUT2D eigenvalue weighted by Crippen LogP contribution is -2.40. The smallest absolute Gasteiger partial charge is 0.241 e. The zero-order chi connectivity index (χ0) is 21.7. The molecule has 2 aromatic heterocycles. The second-order valence-electron chi connectivity index (χ2n) is 8.69. The molecule has 0 aliphatic heterocycles. The fourth-order valence-electron chi connectivity index (χ4n) is 3.81. The van der Waals surface area contributed by atoms with Crippen molar-refractivity contribution in [3.05, 3.63) is 47.1 Å². The maximum absolute atomic E-state index is 12.6. The van der Waals surface area contributed by atoms with E-state index in [0.29, 0.717) is 10.6 Å². The summed E-state index contributed by atoms with van der Waals surface area (Å²) in [6.45, 7) is 5.40. The summed E-state index contributed by atoms with van der Waals surface area (Å²) in [5, 5.41) is 11.1. The molecule has 1 aromatic carbocycles. The van der Waals surface area contributed by atoms with E-state index in [1.807, 2.05) is 0 Å². The number of sulfonamides is 1. The molecule has 0 atom stereocenters. The first-order valence-corrected chi connectivity index (χ1v) is 11.7. The second kappa shape index (κ2) is 7.38. The van der Waals surface area contributed by atoms with Crippen LogP contribution in [0.5, 0.6) is 0 Å². The van der Waals surface area contributed by atoms with Gasteiger partial charge in [0.05, 0.1) is 21.2 Å². The molecule has 1 aliphatic carbocycles. The van der Waals surface area contributed by atoms with E-state index < -0.39 is 15.6 Å². The lowest BCUT2D eigenvalue weighted by molar-refractivity contribution is 0.323. The molecule has 1 aliphatic rings. The van der Waals surface area contributed by atoms with Gasteiger partial charge in [-0.05, 0) is 63.8 Å². The first kappa shape index (κ1) is 20.9. The number of hydrogen-bond donors (Lipinski definition) is 1. The number of nitriles is 1. The van der Waals surface area contributed by atoms with Gasteiger partial charge in [-0.15, -0.1) is 0 Å². The minimum atomic E-state index is -3.63. The lowest BCUT2D eigenvalue weighted by atomic mass is 9.92. The summed E-state index contributed by atoms with van der Waals surface area (Å²) in [5.41, 5.74) is 2.21. The highest BCUT2D eigenvalue weighted by molar-refractivity contribution is 7.89. The Kier molecular flexibility index (Phi) is 5.13. The van der Waals surface area contributed by atoms with E-state index in [1.165, 1.54) is 0 Å². The Morgan fingerprint density at radius 3 is 2.43 bits per heavy atom. The molecule has 1 fully saturated rings. The van der Waals surface area contributed by atoms with E-state index in [9.17, 15) is 13.7 Å². The predicted molar refractivity (Wildman–Crippen MR) is 118 cm³/mol. The molecule has 0 bridgehead atoms. The number of nitrogens with one attached hydrogen (secondary N) is 1. The average Bonchev–Trinajstić information content (AvgIpc) is 2.91. The molecular formula is C22H23ClN4O2S. The molecule has 0 unspecified atom stereocenters. The average molecular weight is 443 g/mol. The normalized spacial score (nSPS) is 15.2. The number of nitrogens with zero attached hydrogens (tertiary/aromatic N) is 3. The molecular weight excluding hydrogens is 420 g/mol. The van der Waals surface area contributed by atoms with Gasteiger partial charge in [0, 0.05) is 23.2 Å². The molecule has 0 saturated heterocycles. The fraction of sp³-hybridized carbons (Fsp3) is 0.364. The van der Waals surface area contributed by atoms with Crippen LogP contribution >= 0.6 is 11.6 Å². The number of halogens is 1. The van der Waals surface area contributed by atoms with Gasteiger partial charge in [-0.1, -0.05) is 23.7 Å². The van der Waals surface area contributed by atoms with Gasteiger partial charge in [-0.3, -0.25) is 0 Å². The van der Waals surface area contributed by atoms with Crippen molar-refractivity contribution in [2.45, 2.75) is 56.5 Å². The molecule has 3 aromatic rings. The van der Waals surface area contributed by atoms with Gasteiger partial charge in [0.2, 0.25) is 10.0 Å². The van der Waals surface area contributed by atoms with Crippen LogP contribution in [0.2, 0.25) is 5.02 Å². The van der Waals surface area contributed by atoms with E-state index >= 15 is 0 Å². The quantitative estimate of drug-likeness (QED) is 0.613. The van der Waals surface area contributed by atoms with Gasteiger partial charge < -0.3 is 4.57 Å². The summed E-state index contributed by atoms with van der Waals surface area (Å²) in [6.07, 6.45) is 4.77. The topological polar surface area (TPSA) is 87.8 Å². The molecule has 1 N–H and O–H groups in total. The van der Waals surface area contributed by atoms with E-state index in [0.717, 1.165) is 41.6 Å². The summed E-state index contributed by atoms with van der Waals surface area (Å²) < 4.78 is 30.0. The van der Waals surface area contributed by atoms with Crippen molar-refractivity contribution in [3.8, 4) is 17.3 Å². The molecule has 0 spiro atoms. The van der Waals surface area contributed by atoms with Crippen molar-refractivity contribution >= 4 is 32.7 Å². The second-order valence-corrected chi connectivity index (χ2v) is 10.8. The summed E-state index contributed by atoms with van der Waals surface area (Å²) in [5.74, 6) is 0. The van der Waals surface area contributed by atoms with Crippen LogP contribution in [0.4, 0.5) is 0 Å². The van der Waals surface area contributed by atoms with Gasteiger partial charge in [0.1, 0.15) is 11.7 Å². The van der Waals surface area contributed by atoms with Gasteiger partial charge in [0.25, 0.3) is 0 Å². The highest BCUT2D eigenvalue weighted by atomic mass is 35.5. The van der Waals surface area contributed by atoms with Gasteiger partial charge in [0.15, 0.2) is 0 Å². The van der Waals surface area contributed by atoms with Gasteiger partial charge in [-0.2, -0.15) is 5.26 Å². The molecule has 30 heavy (non-hydrogen) atoms. The highest BCUT2D eigenvalue weighted by Gasteiger charge is 2.29. The third-order valence-electron chi connectivity index (χ3n) is 5.24. The van der Waals surface area contributed by atoms with Crippen LogP contribution in [-0.4, -0.2) is 23.5 Å². The highest BCUT2D eigenvalue weighted by Crippen LogP contribution is 2.42. The third-order valence-corrected chi connectivity index (χ3v) is 7.22. The van der Waals surface area contributed by atoms with Crippen LogP contribution in [0, 0.1) is 11.3 Å². The standard InChI is InChI=1S/C22H23ClN4O2S/c1-22(2,3)26-30(28,29)17-9-7-14(8-10-17)20-19(12-24)18-11-15(23)13-25-21(18)27(20)16-5-4-6-16/h7-11,13,16,26H,4-6H2,1-3H3. The van der Waals surface area contributed by atoms with Crippen molar-refractivity contribution in [2.24, 2.45) is 0 Å². The van der Waals surface area contributed by atoms with Crippen LogP contribution in [0.3, 0.4) is 0 Å². The van der Waals surface area contributed by atoms with Crippen LogP contribution in [0.1, 0.15) is 51.6 Å². The minimum Gasteiger partial charge on any atom is -0.321 e. The van der Waals surface area contributed by atoms with E-state index in [1.54, 1.807) is 57.3 Å². The van der Waals surface area contributed by atoms with Crippen molar-refractivity contribution < 1.29 is 8.42 Å². The van der Waals surface area contributed by atoms with Crippen molar-refractivity contribution in [1.82, 2.24) is 14.3 Å². The summed E-state index contributed by atoms with van der Waals surface area (Å²) >= 11 is 6.15. The summed E-state index contributed by atoms with van der Waals surface area (Å²) in [6, 6.07) is 11.0. The predicted octanol–water partition coefficient (Wildman–Crippen LogP) is 5.03. The summed E-state index contributed by atoms with van der Waals surface area (Å²) in [4.78, 5) is 4.70. The Balaban J connectivity index is 1.87. The molecule has 4 rings (SSSR count). The van der Waals surface area contributed by atoms with E-state index in [-0.39, 0.29) is 10.9 Å². The maximum Gasteiger partial charge on any atom is 0.241 e. The van der Waals surface area contributed by atoms with Crippen molar-refractivity contribution in [2.75, 3.05) is 0 Å². The number of fused-ring (bicyclic) bond motifs is 1. The third kappa shape index (κ3) is 3.71. The lowest BCUT2D eigenvalue weighted by Gasteiger charge is -2.29. The zero-order valence-corrected chi connectivity index (χ0v) is 18.7. The maximum atomic E-state index is 12.6. The Morgan fingerprint density at radius 1 is 1.23 bits per heavy atom. The minimum absolute atomic E-state index is 0.187. The molecule has 156 valence electrons. The number of pyridine rings is 1. The van der Waals surface area contributed by atoms with Crippen LogP contribution in [0.15, 0.2) is 41.4 Å². The van der Waals surface area contributed by atoms with Gasteiger partial charge in [-0.25, -0.2) is 18.1 Å². The molecule has 2 heterocycles.